The van der Waals surface area contributed by atoms with Crippen LogP contribution in [0.5, 0.6) is 11.6 Å². The van der Waals surface area contributed by atoms with E-state index in [0.29, 0.717) is 17.2 Å². The Morgan fingerprint density at radius 1 is 1.14 bits per heavy atom. The average molecular weight is 282 g/mol. The van der Waals surface area contributed by atoms with Crippen molar-refractivity contribution < 1.29 is 14.3 Å². The third-order valence-corrected chi connectivity index (χ3v) is 3.34. The van der Waals surface area contributed by atoms with E-state index in [1.807, 2.05) is 18.2 Å². The first-order valence-electron chi connectivity index (χ1n) is 6.41. The fraction of sp³-hybridized carbons (Fsp3) is 0.125. The Bertz CT molecular complexity index is 808. The van der Waals surface area contributed by atoms with Crippen LogP contribution in [0.4, 0.5) is 0 Å². The molecule has 0 saturated heterocycles. The Kier molecular flexibility index (Phi) is 3.31. The van der Waals surface area contributed by atoms with Crippen LogP contribution in [0.25, 0.3) is 22.2 Å². The van der Waals surface area contributed by atoms with Crippen molar-refractivity contribution in [2.45, 2.75) is 0 Å². The molecule has 3 aromatic rings. The van der Waals surface area contributed by atoms with Gasteiger partial charge in [0.2, 0.25) is 5.88 Å². The number of rotatable bonds is 4. The van der Waals surface area contributed by atoms with E-state index < -0.39 is 0 Å². The summed E-state index contributed by atoms with van der Waals surface area (Å²) in [6.45, 7) is 0. The Labute approximate surface area is 121 Å². The molecule has 21 heavy (non-hydrogen) atoms. The number of aromatic amines is 1. The van der Waals surface area contributed by atoms with Gasteiger partial charge in [-0.25, -0.2) is 4.98 Å². The number of aldehydes is 1. The van der Waals surface area contributed by atoms with E-state index in [0.717, 1.165) is 28.4 Å². The number of nitrogens with one attached hydrogen (secondary N) is 1. The normalized spacial score (nSPS) is 10.6. The van der Waals surface area contributed by atoms with E-state index in [1.165, 1.54) is 0 Å². The van der Waals surface area contributed by atoms with E-state index >= 15 is 0 Å². The zero-order valence-electron chi connectivity index (χ0n) is 11.7. The minimum Gasteiger partial charge on any atom is -0.496 e. The molecule has 1 aromatic carbocycles. The van der Waals surface area contributed by atoms with Gasteiger partial charge >= 0.3 is 0 Å². The maximum atomic E-state index is 10.8. The van der Waals surface area contributed by atoms with Crippen molar-refractivity contribution >= 4 is 17.2 Å². The molecule has 0 aliphatic rings. The summed E-state index contributed by atoms with van der Waals surface area (Å²) in [6.07, 6.45) is 2.52. The van der Waals surface area contributed by atoms with Crippen molar-refractivity contribution in [2.75, 3.05) is 14.2 Å². The molecule has 0 spiro atoms. The van der Waals surface area contributed by atoms with Crippen molar-refractivity contribution in [1.29, 1.82) is 0 Å². The van der Waals surface area contributed by atoms with Crippen LogP contribution in [0.15, 0.2) is 36.5 Å². The highest BCUT2D eigenvalue weighted by molar-refractivity contribution is 5.88. The fourth-order valence-corrected chi connectivity index (χ4v) is 2.27. The zero-order chi connectivity index (χ0) is 14.8. The molecule has 0 unspecified atom stereocenters. The summed E-state index contributed by atoms with van der Waals surface area (Å²) < 4.78 is 10.5. The Hall–Kier alpha value is -2.82. The predicted octanol–water partition coefficient (Wildman–Crippen LogP) is 3.06. The summed E-state index contributed by atoms with van der Waals surface area (Å²) in [6, 6.07) is 9.19. The lowest BCUT2D eigenvalue weighted by Gasteiger charge is -2.07. The fourth-order valence-electron chi connectivity index (χ4n) is 2.27. The van der Waals surface area contributed by atoms with Gasteiger partial charge in [0.25, 0.3) is 0 Å². The molecule has 106 valence electrons. The molecule has 0 aliphatic heterocycles. The largest absolute Gasteiger partial charge is 0.496 e. The number of benzene rings is 1. The molecule has 1 N–H and O–H groups in total. The van der Waals surface area contributed by atoms with E-state index in [9.17, 15) is 4.79 Å². The van der Waals surface area contributed by atoms with Crippen molar-refractivity contribution in [3.05, 3.63) is 42.1 Å². The zero-order valence-corrected chi connectivity index (χ0v) is 11.7. The van der Waals surface area contributed by atoms with E-state index in [2.05, 4.69) is 9.97 Å². The predicted molar refractivity (Wildman–Crippen MR) is 80.0 cm³/mol. The molecular formula is C16H14N2O3. The third-order valence-electron chi connectivity index (χ3n) is 3.34. The van der Waals surface area contributed by atoms with Gasteiger partial charge in [0.05, 0.1) is 31.6 Å². The van der Waals surface area contributed by atoms with Crippen LogP contribution in [0.1, 0.15) is 10.4 Å². The van der Waals surface area contributed by atoms with Crippen LogP contribution in [-0.4, -0.2) is 30.5 Å². The monoisotopic (exact) mass is 282 g/mol. The Balaban J connectivity index is 2.13. The minimum absolute atomic E-state index is 0.566. The molecule has 2 heterocycles. The first kappa shape index (κ1) is 13.2. The lowest BCUT2D eigenvalue weighted by Crippen LogP contribution is -1.90. The van der Waals surface area contributed by atoms with Gasteiger partial charge in [-0.2, -0.15) is 0 Å². The second-order valence-electron chi connectivity index (χ2n) is 4.57. The first-order valence-corrected chi connectivity index (χ1v) is 6.41. The van der Waals surface area contributed by atoms with Gasteiger partial charge in [0.15, 0.2) is 0 Å². The number of hydrogen-bond donors (Lipinski definition) is 1. The highest BCUT2D eigenvalue weighted by Gasteiger charge is 2.10. The molecule has 0 radical (unpaired) electrons. The van der Waals surface area contributed by atoms with Crippen LogP contribution >= 0.6 is 0 Å². The average Bonchev–Trinajstić information content (AvgIpc) is 2.96. The maximum absolute atomic E-state index is 10.8. The highest BCUT2D eigenvalue weighted by Crippen LogP contribution is 2.32. The standard InChI is InChI=1S/C16H14N2O3/c1-20-15-5-10(9-19)3-4-12(15)13-6-11-7-16(21-2)17-8-14(11)18-13/h3-9,18H,1-2H3. The number of carbonyl (C=O) groups is 1. The molecule has 0 saturated carbocycles. The molecule has 5 heteroatoms. The molecule has 0 bridgehead atoms. The second-order valence-corrected chi connectivity index (χ2v) is 4.57. The van der Waals surface area contributed by atoms with Crippen LogP contribution in [0.3, 0.4) is 0 Å². The minimum atomic E-state index is 0.566. The third kappa shape index (κ3) is 2.33. The van der Waals surface area contributed by atoms with Gasteiger partial charge in [-0.3, -0.25) is 4.79 Å². The Morgan fingerprint density at radius 3 is 2.71 bits per heavy atom. The molecule has 0 atom stereocenters. The number of hydrogen-bond acceptors (Lipinski definition) is 4. The van der Waals surface area contributed by atoms with Crippen molar-refractivity contribution in [3.8, 4) is 22.9 Å². The summed E-state index contributed by atoms with van der Waals surface area (Å²) in [7, 11) is 3.17. The number of ether oxygens (including phenoxy) is 2. The number of H-pyrrole nitrogens is 1. The van der Waals surface area contributed by atoms with Crippen LogP contribution in [-0.2, 0) is 0 Å². The molecule has 0 fully saturated rings. The summed E-state index contributed by atoms with van der Waals surface area (Å²) in [4.78, 5) is 18.3. The number of pyridine rings is 1. The van der Waals surface area contributed by atoms with Gasteiger partial charge in [-0.05, 0) is 18.2 Å². The smallest absolute Gasteiger partial charge is 0.213 e. The molecular weight excluding hydrogens is 268 g/mol. The molecule has 5 nitrogen and oxygen atoms in total. The summed E-state index contributed by atoms with van der Waals surface area (Å²) in [5, 5.41) is 0.998. The van der Waals surface area contributed by atoms with Gasteiger partial charge in [0.1, 0.15) is 12.0 Å². The van der Waals surface area contributed by atoms with Crippen molar-refractivity contribution in [2.24, 2.45) is 0 Å². The quantitative estimate of drug-likeness (QED) is 0.747. The maximum Gasteiger partial charge on any atom is 0.213 e. The summed E-state index contributed by atoms with van der Waals surface area (Å²) in [5.41, 5.74) is 3.27. The molecule has 0 aliphatic carbocycles. The molecule has 0 amide bonds. The van der Waals surface area contributed by atoms with Crippen molar-refractivity contribution in [1.82, 2.24) is 9.97 Å². The Morgan fingerprint density at radius 2 is 2.00 bits per heavy atom. The van der Waals surface area contributed by atoms with Gasteiger partial charge in [0, 0.05) is 22.6 Å². The lowest BCUT2D eigenvalue weighted by molar-refractivity contribution is 0.112. The topological polar surface area (TPSA) is 64.2 Å². The first-order chi connectivity index (χ1) is 10.2. The highest BCUT2D eigenvalue weighted by atomic mass is 16.5. The number of fused-ring (bicyclic) bond motifs is 1. The lowest BCUT2D eigenvalue weighted by atomic mass is 10.1. The number of methoxy groups -OCH3 is 2. The summed E-state index contributed by atoms with van der Waals surface area (Å²) >= 11 is 0. The number of carbonyl (C=O) groups excluding carboxylic acids is 1. The molecule has 2 aromatic heterocycles. The van der Waals surface area contributed by atoms with Crippen LogP contribution in [0.2, 0.25) is 0 Å². The number of aromatic nitrogens is 2. The summed E-state index contributed by atoms with van der Waals surface area (Å²) in [5.74, 6) is 1.21. The van der Waals surface area contributed by atoms with Crippen LogP contribution < -0.4 is 9.47 Å². The van der Waals surface area contributed by atoms with Gasteiger partial charge in [-0.1, -0.05) is 6.07 Å². The van der Waals surface area contributed by atoms with Crippen LogP contribution in [0, 0.1) is 0 Å². The SMILES string of the molecule is COc1cc2cc(-c3ccc(C=O)cc3OC)[nH]c2cn1. The van der Waals surface area contributed by atoms with E-state index in [1.54, 1.807) is 32.5 Å². The van der Waals surface area contributed by atoms with Gasteiger partial charge < -0.3 is 14.5 Å². The molecule has 3 rings (SSSR count). The van der Waals surface area contributed by atoms with E-state index in [4.69, 9.17) is 9.47 Å². The van der Waals surface area contributed by atoms with Crippen molar-refractivity contribution in [3.63, 3.8) is 0 Å². The van der Waals surface area contributed by atoms with E-state index in [-0.39, 0.29) is 0 Å². The van der Waals surface area contributed by atoms with Gasteiger partial charge in [-0.15, -0.1) is 0 Å². The second kappa shape index (κ2) is 5.28. The number of nitrogens with zero attached hydrogens (tertiary/aromatic N) is 1.